The Morgan fingerprint density at radius 2 is 1.88 bits per heavy atom. The van der Waals surface area contributed by atoms with Gasteiger partial charge in [0.15, 0.2) is 0 Å². The SMILES string of the molecule is N#Cc1ccc(Cn2c(N3CCC(C(O)NC4CCOC4)CC3)nc3cc(Cl)c(Cl)cc32)cc1. The molecule has 0 aliphatic carbocycles. The number of hydrogen-bond donors (Lipinski definition) is 2. The molecule has 2 aliphatic heterocycles. The Hall–Kier alpha value is -2.34. The number of fused-ring (bicyclic) bond motifs is 1. The van der Waals surface area contributed by atoms with Crippen molar-refractivity contribution in [3.63, 3.8) is 0 Å². The molecule has 2 unspecified atom stereocenters. The topological polar surface area (TPSA) is 86.3 Å². The quantitative estimate of drug-likeness (QED) is 0.494. The molecule has 2 aliphatic rings. The maximum Gasteiger partial charge on any atom is 0.206 e. The zero-order valence-corrected chi connectivity index (χ0v) is 20.3. The number of aliphatic hydroxyl groups is 1. The van der Waals surface area contributed by atoms with Gasteiger partial charge in [0.2, 0.25) is 5.95 Å². The van der Waals surface area contributed by atoms with Crippen LogP contribution in [0.3, 0.4) is 0 Å². The Kier molecular flexibility index (Phi) is 6.96. The maximum absolute atomic E-state index is 10.7. The number of nitrogens with one attached hydrogen (secondary N) is 1. The van der Waals surface area contributed by atoms with E-state index in [9.17, 15) is 5.11 Å². The number of piperidine rings is 1. The van der Waals surface area contributed by atoms with Crippen molar-refractivity contribution >= 4 is 40.2 Å². The van der Waals surface area contributed by atoms with Crippen molar-refractivity contribution in [1.82, 2.24) is 14.9 Å². The second-order valence-electron chi connectivity index (χ2n) is 9.06. The lowest BCUT2D eigenvalue weighted by Gasteiger charge is -2.36. The highest BCUT2D eigenvalue weighted by Gasteiger charge is 2.30. The fourth-order valence-corrected chi connectivity index (χ4v) is 5.15. The number of rotatable bonds is 6. The van der Waals surface area contributed by atoms with Crippen LogP contribution in [0.2, 0.25) is 10.0 Å². The van der Waals surface area contributed by atoms with Crippen LogP contribution in [0.5, 0.6) is 0 Å². The van der Waals surface area contributed by atoms with E-state index >= 15 is 0 Å². The predicted molar refractivity (Wildman–Crippen MR) is 133 cm³/mol. The minimum absolute atomic E-state index is 0.192. The summed E-state index contributed by atoms with van der Waals surface area (Å²) in [7, 11) is 0. The Balaban J connectivity index is 1.37. The van der Waals surface area contributed by atoms with Crippen molar-refractivity contribution in [3.05, 3.63) is 57.6 Å². The van der Waals surface area contributed by atoms with E-state index in [0.717, 1.165) is 61.5 Å². The Bertz CT molecular complexity index is 1190. The smallest absolute Gasteiger partial charge is 0.206 e. The molecule has 2 atom stereocenters. The van der Waals surface area contributed by atoms with Gasteiger partial charge in [-0.1, -0.05) is 35.3 Å². The van der Waals surface area contributed by atoms with Crippen LogP contribution in [-0.4, -0.2) is 53.2 Å². The molecule has 34 heavy (non-hydrogen) atoms. The third-order valence-corrected chi connectivity index (χ3v) is 7.52. The largest absolute Gasteiger partial charge is 0.380 e. The number of halogens is 2. The van der Waals surface area contributed by atoms with Gasteiger partial charge in [-0.05, 0) is 49.1 Å². The van der Waals surface area contributed by atoms with E-state index in [1.165, 1.54) is 0 Å². The molecular formula is C25H27Cl2N5O2. The summed E-state index contributed by atoms with van der Waals surface area (Å²) in [6.45, 7) is 3.61. The monoisotopic (exact) mass is 499 g/mol. The molecule has 7 nitrogen and oxygen atoms in total. The Labute approximate surface area is 208 Å². The number of anilines is 1. The number of imidazole rings is 1. The standard InChI is InChI=1S/C25H27Cl2N5O2/c26-20-11-22-23(12-21(20)27)32(14-17-3-1-16(13-28)2-4-17)25(30-22)31-8-5-18(6-9-31)24(33)29-19-7-10-34-15-19/h1-4,11-12,18-19,24,29,33H,5-10,14-15H2. The van der Waals surface area contributed by atoms with Crippen molar-refractivity contribution in [3.8, 4) is 6.07 Å². The lowest BCUT2D eigenvalue weighted by Crippen LogP contribution is -2.47. The molecule has 0 spiro atoms. The lowest BCUT2D eigenvalue weighted by molar-refractivity contribution is 0.0483. The average Bonchev–Trinajstić information content (AvgIpc) is 3.48. The Morgan fingerprint density at radius 1 is 1.15 bits per heavy atom. The molecule has 2 saturated heterocycles. The van der Waals surface area contributed by atoms with Crippen molar-refractivity contribution in [1.29, 1.82) is 5.26 Å². The van der Waals surface area contributed by atoms with Crippen LogP contribution >= 0.6 is 23.2 Å². The molecule has 3 heterocycles. The van der Waals surface area contributed by atoms with Crippen molar-refractivity contribution in [2.24, 2.45) is 5.92 Å². The summed E-state index contributed by atoms with van der Waals surface area (Å²) in [5, 5.41) is 24.1. The third-order valence-electron chi connectivity index (χ3n) is 6.80. The van der Waals surface area contributed by atoms with Gasteiger partial charge >= 0.3 is 0 Å². The first-order chi connectivity index (χ1) is 16.5. The van der Waals surface area contributed by atoms with E-state index in [0.29, 0.717) is 28.8 Å². The minimum Gasteiger partial charge on any atom is -0.380 e. The van der Waals surface area contributed by atoms with E-state index < -0.39 is 6.23 Å². The summed E-state index contributed by atoms with van der Waals surface area (Å²) in [5.41, 5.74) is 3.41. The van der Waals surface area contributed by atoms with Crippen LogP contribution in [0.15, 0.2) is 36.4 Å². The molecule has 9 heteroatoms. The first-order valence-corrected chi connectivity index (χ1v) is 12.4. The highest BCUT2D eigenvalue weighted by molar-refractivity contribution is 6.42. The fraction of sp³-hybridized carbons (Fsp3) is 0.440. The van der Waals surface area contributed by atoms with Crippen molar-refractivity contribution in [2.75, 3.05) is 31.2 Å². The van der Waals surface area contributed by atoms with Crippen LogP contribution in [-0.2, 0) is 11.3 Å². The van der Waals surface area contributed by atoms with Gasteiger partial charge in [-0.15, -0.1) is 0 Å². The summed E-state index contributed by atoms with van der Waals surface area (Å²) in [4.78, 5) is 7.19. The highest BCUT2D eigenvalue weighted by Crippen LogP contribution is 2.33. The van der Waals surface area contributed by atoms with Gasteiger partial charge in [-0.25, -0.2) is 4.98 Å². The van der Waals surface area contributed by atoms with Crippen molar-refractivity contribution in [2.45, 2.75) is 38.1 Å². The first-order valence-electron chi connectivity index (χ1n) is 11.6. The van der Waals surface area contributed by atoms with Gasteiger partial charge < -0.3 is 19.3 Å². The molecule has 0 saturated carbocycles. The summed E-state index contributed by atoms with van der Waals surface area (Å²) >= 11 is 12.6. The summed E-state index contributed by atoms with van der Waals surface area (Å²) in [5.74, 6) is 1.06. The van der Waals surface area contributed by atoms with E-state index in [1.807, 2.05) is 36.4 Å². The molecule has 0 bridgehead atoms. The number of nitrogens with zero attached hydrogens (tertiary/aromatic N) is 4. The van der Waals surface area contributed by atoms with Crippen LogP contribution < -0.4 is 10.2 Å². The predicted octanol–water partition coefficient (Wildman–Crippen LogP) is 4.18. The molecule has 2 fully saturated rings. The number of nitriles is 1. The molecule has 2 N–H and O–H groups in total. The van der Waals surface area contributed by atoms with Gasteiger partial charge in [0, 0.05) is 31.7 Å². The van der Waals surface area contributed by atoms with E-state index in [2.05, 4.69) is 20.9 Å². The normalized spacial score (nSPS) is 20.1. The number of aromatic nitrogens is 2. The molecule has 0 amide bonds. The third kappa shape index (κ3) is 4.88. The lowest BCUT2D eigenvalue weighted by atomic mass is 9.94. The summed E-state index contributed by atoms with van der Waals surface area (Å²) in [6, 6.07) is 13.7. The molecule has 5 rings (SSSR count). The summed E-state index contributed by atoms with van der Waals surface area (Å²) < 4.78 is 7.57. The number of benzene rings is 2. The molecule has 0 radical (unpaired) electrons. The highest BCUT2D eigenvalue weighted by atomic mass is 35.5. The molecule has 1 aromatic heterocycles. The van der Waals surface area contributed by atoms with Gasteiger partial charge in [0.25, 0.3) is 0 Å². The van der Waals surface area contributed by atoms with Crippen LogP contribution in [0.1, 0.15) is 30.4 Å². The molecular weight excluding hydrogens is 473 g/mol. The minimum atomic E-state index is -0.524. The fourth-order valence-electron chi connectivity index (χ4n) is 4.83. The first kappa shape index (κ1) is 23.4. The zero-order valence-electron chi connectivity index (χ0n) is 18.8. The van der Waals surface area contributed by atoms with Gasteiger partial charge in [-0.2, -0.15) is 5.26 Å². The Morgan fingerprint density at radius 3 is 2.56 bits per heavy atom. The average molecular weight is 500 g/mol. The molecule has 3 aromatic rings. The van der Waals surface area contributed by atoms with Gasteiger partial charge in [0.1, 0.15) is 6.23 Å². The zero-order chi connectivity index (χ0) is 23.7. The van der Waals surface area contributed by atoms with E-state index in [4.69, 9.17) is 38.2 Å². The van der Waals surface area contributed by atoms with Crippen LogP contribution in [0, 0.1) is 17.2 Å². The van der Waals surface area contributed by atoms with Crippen molar-refractivity contribution < 1.29 is 9.84 Å². The van der Waals surface area contributed by atoms with E-state index in [1.54, 1.807) is 0 Å². The number of aliphatic hydroxyl groups excluding tert-OH is 1. The molecule has 178 valence electrons. The number of ether oxygens (including phenoxy) is 1. The van der Waals surface area contributed by atoms with Crippen LogP contribution in [0.25, 0.3) is 11.0 Å². The van der Waals surface area contributed by atoms with E-state index in [-0.39, 0.29) is 12.0 Å². The molecule has 2 aromatic carbocycles. The maximum atomic E-state index is 10.7. The second-order valence-corrected chi connectivity index (χ2v) is 9.87. The van der Waals surface area contributed by atoms with Crippen LogP contribution in [0.4, 0.5) is 5.95 Å². The summed E-state index contributed by atoms with van der Waals surface area (Å²) in [6.07, 6.45) is 2.15. The van der Waals surface area contributed by atoms with Gasteiger partial charge in [-0.3, -0.25) is 5.32 Å². The second kappa shape index (κ2) is 10.1. The van der Waals surface area contributed by atoms with Gasteiger partial charge in [0.05, 0.1) is 45.9 Å². The number of hydrogen-bond acceptors (Lipinski definition) is 6.